The molecule has 1 heterocycles. The van der Waals surface area contributed by atoms with Crippen molar-refractivity contribution in [3.05, 3.63) is 35.9 Å². The van der Waals surface area contributed by atoms with Crippen LogP contribution in [-0.2, 0) is 5.33 Å². The first-order valence-electron chi connectivity index (χ1n) is 6.27. The van der Waals surface area contributed by atoms with Crippen molar-refractivity contribution < 1.29 is 0 Å². The number of pyridine rings is 1. The van der Waals surface area contributed by atoms with Gasteiger partial charge in [0.05, 0.1) is 5.52 Å². The summed E-state index contributed by atoms with van der Waals surface area (Å²) in [6.07, 6.45) is 0. The summed E-state index contributed by atoms with van der Waals surface area (Å²) in [4.78, 5) is 7.04. The summed E-state index contributed by atoms with van der Waals surface area (Å²) in [5.74, 6) is 1.71. The Morgan fingerprint density at radius 1 is 1.28 bits per heavy atom. The Kier molecular flexibility index (Phi) is 4.23. The van der Waals surface area contributed by atoms with Crippen molar-refractivity contribution in [1.29, 1.82) is 0 Å². The highest BCUT2D eigenvalue weighted by molar-refractivity contribution is 9.08. The van der Waals surface area contributed by atoms with Crippen molar-refractivity contribution in [2.24, 2.45) is 5.92 Å². The van der Waals surface area contributed by atoms with E-state index in [9.17, 15) is 0 Å². The Labute approximate surface area is 117 Å². The zero-order valence-corrected chi connectivity index (χ0v) is 12.7. The molecular weight excluding hydrogens is 288 g/mol. The van der Waals surface area contributed by atoms with Gasteiger partial charge in [-0.25, -0.2) is 4.98 Å². The van der Waals surface area contributed by atoms with Crippen molar-refractivity contribution in [1.82, 2.24) is 4.98 Å². The second-order valence-electron chi connectivity index (χ2n) is 5.07. The van der Waals surface area contributed by atoms with E-state index in [1.54, 1.807) is 0 Å². The predicted octanol–water partition coefficient (Wildman–Crippen LogP) is 4.22. The Hall–Kier alpha value is -1.09. The molecule has 0 bridgehead atoms. The van der Waals surface area contributed by atoms with Gasteiger partial charge in [0.2, 0.25) is 0 Å². The number of fused-ring (bicyclic) bond motifs is 1. The summed E-state index contributed by atoms with van der Waals surface area (Å²) in [7, 11) is 2.11. The average Bonchev–Trinajstić information content (AvgIpc) is 2.36. The van der Waals surface area contributed by atoms with Crippen LogP contribution in [0.4, 0.5) is 5.82 Å². The molecule has 18 heavy (non-hydrogen) atoms. The quantitative estimate of drug-likeness (QED) is 0.786. The number of hydrogen-bond acceptors (Lipinski definition) is 2. The second kappa shape index (κ2) is 5.70. The van der Waals surface area contributed by atoms with Crippen LogP contribution in [0.25, 0.3) is 10.9 Å². The van der Waals surface area contributed by atoms with Gasteiger partial charge in [0.15, 0.2) is 0 Å². The highest BCUT2D eigenvalue weighted by atomic mass is 79.9. The molecule has 0 fully saturated rings. The fraction of sp³-hybridized carbons (Fsp3) is 0.400. The minimum atomic E-state index is 0.631. The topological polar surface area (TPSA) is 16.1 Å². The summed E-state index contributed by atoms with van der Waals surface area (Å²) in [5, 5.41) is 2.04. The van der Waals surface area contributed by atoms with Gasteiger partial charge < -0.3 is 4.90 Å². The number of para-hydroxylation sites is 1. The van der Waals surface area contributed by atoms with Gasteiger partial charge in [-0.15, -0.1) is 0 Å². The third-order valence-electron chi connectivity index (χ3n) is 2.92. The standard InChI is InChI=1S/C15H19BrN2/c1-11(2)10-18(3)15-13(9-16)8-12-6-4-5-7-14(12)17-15/h4-8,11H,9-10H2,1-3H3. The molecule has 96 valence electrons. The first kappa shape index (κ1) is 13.3. The van der Waals surface area contributed by atoms with Gasteiger partial charge in [-0.1, -0.05) is 48.0 Å². The van der Waals surface area contributed by atoms with Gasteiger partial charge in [-0.05, 0) is 18.1 Å². The third-order valence-corrected chi connectivity index (χ3v) is 3.53. The average molecular weight is 307 g/mol. The van der Waals surface area contributed by atoms with E-state index in [0.717, 1.165) is 23.2 Å². The van der Waals surface area contributed by atoms with Crippen LogP contribution in [0, 0.1) is 5.92 Å². The van der Waals surface area contributed by atoms with Crippen molar-refractivity contribution >= 4 is 32.7 Å². The van der Waals surface area contributed by atoms with Crippen LogP contribution >= 0.6 is 15.9 Å². The van der Waals surface area contributed by atoms with Crippen LogP contribution in [0.2, 0.25) is 0 Å². The highest BCUT2D eigenvalue weighted by Crippen LogP contribution is 2.25. The van der Waals surface area contributed by atoms with Gasteiger partial charge in [0, 0.05) is 29.9 Å². The van der Waals surface area contributed by atoms with E-state index in [2.05, 4.69) is 66.0 Å². The SMILES string of the molecule is CC(C)CN(C)c1nc2ccccc2cc1CBr. The van der Waals surface area contributed by atoms with E-state index in [1.807, 2.05) is 6.07 Å². The molecule has 0 radical (unpaired) electrons. The van der Waals surface area contributed by atoms with Gasteiger partial charge in [-0.2, -0.15) is 0 Å². The molecule has 1 aromatic heterocycles. The first-order valence-corrected chi connectivity index (χ1v) is 7.39. The Morgan fingerprint density at radius 3 is 2.67 bits per heavy atom. The van der Waals surface area contributed by atoms with Crippen LogP contribution < -0.4 is 4.90 Å². The lowest BCUT2D eigenvalue weighted by Crippen LogP contribution is -2.24. The van der Waals surface area contributed by atoms with Crippen LogP contribution in [0.1, 0.15) is 19.4 Å². The molecule has 0 saturated heterocycles. The maximum Gasteiger partial charge on any atom is 0.133 e. The molecule has 2 nitrogen and oxygen atoms in total. The lowest BCUT2D eigenvalue weighted by Gasteiger charge is -2.23. The first-order chi connectivity index (χ1) is 8.61. The molecule has 0 aliphatic carbocycles. The van der Waals surface area contributed by atoms with Crippen molar-refractivity contribution in [3.63, 3.8) is 0 Å². The van der Waals surface area contributed by atoms with Crippen LogP contribution in [0.5, 0.6) is 0 Å². The summed E-state index contributed by atoms with van der Waals surface area (Å²) in [5.41, 5.74) is 2.31. The lowest BCUT2D eigenvalue weighted by molar-refractivity contribution is 0.634. The second-order valence-corrected chi connectivity index (χ2v) is 5.63. The Morgan fingerprint density at radius 2 is 2.00 bits per heavy atom. The number of nitrogens with zero attached hydrogens (tertiary/aromatic N) is 2. The molecule has 2 aromatic rings. The van der Waals surface area contributed by atoms with Crippen molar-refractivity contribution in [2.45, 2.75) is 19.2 Å². The summed E-state index contributed by atoms with van der Waals surface area (Å²) >= 11 is 3.56. The molecule has 1 aromatic carbocycles. The number of benzene rings is 1. The van der Waals surface area contributed by atoms with Gasteiger partial charge in [0.1, 0.15) is 5.82 Å². The number of alkyl halides is 1. The van der Waals surface area contributed by atoms with Gasteiger partial charge >= 0.3 is 0 Å². The molecule has 0 saturated carbocycles. The summed E-state index contributed by atoms with van der Waals surface area (Å²) in [6, 6.07) is 10.5. The molecule has 0 spiro atoms. The Balaban J connectivity index is 2.47. The molecular formula is C15H19BrN2. The largest absolute Gasteiger partial charge is 0.359 e. The zero-order valence-electron chi connectivity index (χ0n) is 11.2. The van der Waals surface area contributed by atoms with Crippen LogP contribution in [0.15, 0.2) is 30.3 Å². The maximum absolute atomic E-state index is 4.79. The van der Waals surface area contributed by atoms with Crippen LogP contribution in [-0.4, -0.2) is 18.6 Å². The molecule has 0 aliphatic heterocycles. The predicted molar refractivity (Wildman–Crippen MR) is 82.5 cm³/mol. The van der Waals surface area contributed by atoms with Crippen LogP contribution in [0.3, 0.4) is 0 Å². The zero-order chi connectivity index (χ0) is 13.1. The lowest BCUT2D eigenvalue weighted by atomic mass is 10.1. The third kappa shape index (κ3) is 2.83. The molecule has 0 unspecified atom stereocenters. The molecule has 0 aliphatic rings. The maximum atomic E-state index is 4.79. The molecule has 0 amide bonds. The fourth-order valence-electron chi connectivity index (χ4n) is 2.21. The number of aromatic nitrogens is 1. The van der Waals surface area contributed by atoms with Gasteiger partial charge in [0.25, 0.3) is 0 Å². The minimum Gasteiger partial charge on any atom is -0.359 e. The highest BCUT2D eigenvalue weighted by Gasteiger charge is 2.11. The van der Waals surface area contributed by atoms with E-state index >= 15 is 0 Å². The molecule has 2 rings (SSSR count). The minimum absolute atomic E-state index is 0.631. The Bertz CT molecular complexity index is 537. The van der Waals surface area contributed by atoms with E-state index in [1.165, 1.54) is 10.9 Å². The summed E-state index contributed by atoms with van der Waals surface area (Å²) < 4.78 is 0. The van der Waals surface area contributed by atoms with Crippen molar-refractivity contribution in [2.75, 3.05) is 18.5 Å². The summed E-state index contributed by atoms with van der Waals surface area (Å²) in [6.45, 7) is 5.47. The van der Waals surface area contributed by atoms with E-state index in [0.29, 0.717) is 5.92 Å². The fourth-order valence-corrected chi connectivity index (χ4v) is 2.63. The smallest absolute Gasteiger partial charge is 0.133 e. The normalized spacial score (nSPS) is 11.2. The number of anilines is 1. The number of halogens is 1. The molecule has 0 N–H and O–H groups in total. The van der Waals surface area contributed by atoms with E-state index < -0.39 is 0 Å². The van der Waals surface area contributed by atoms with Crippen molar-refractivity contribution in [3.8, 4) is 0 Å². The monoisotopic (exact) mass is 306 g/mol. The number of rotatable bonds is 4. The van der Waals surface area contributed by atoms with E-state index in [-0.39, 0.29) is 0 Å². The molecule has 3 heteroatoms. The van der Waals surface area contributed by atoms with E-state index in [4.69, 9.17) is 4.98 Å². The molecule has 0 atom stereocenters. The number of hydrogen-bond donors (Lipinski definition) is 0. The van der Waals surface area contributed by atoms with Gasteiger partial charge in [-0.3, -0.25) is 0 Å².